The molecular formula is C18H20BrNO. The second kappa shape index (κ2) is 6.20. The molecule has 0 amide bonds. The molecule has 1 aliphatic heterocycles. The van der Waals surface area contributed by atoms with Gasteiger partial charge in [0.1, 0.15) is 5.75 Å². The minimum Gasteiger partial charge on any atom is -0.497 e. The molecule has 3 rings (SSSR count). The van der Waals surface area contributed by atoms with Crippen LogP contribution >= 0.6 is 15.9 Å². The number of halogens is 1. The lowest BCUT2D eigenvalue weighted by molar-refractivity contribution is 0.166. The van der Waals surface area contributed by atoms with Crippen molar-refractivity contribution < 1.29 is 4.74 Å². The largest absolute Gasteiger partial charge is 0.497 e. The lowest BCUT2D eigenvalue weighted by atomic mass is 9.72. The Kier molecular flexibility index (Phi) is 4.32. The molecule has 0 unspecified atom stereocenters. The topological polar surface area (TPSA) is 21.3 Å². The molecule has 1 aliphatic rings. The van der Waals surface area contributed by atoms with Gasteiger partial charge in [0.05, 0.1) is 7.11 Å². The van der Waals surface area contributed by atoms with Crippen molar-refractivity contribution in [2.24, 2.45) is 5.41 Å². The Morgan fingerprint density at radius 1 is 1.10 bits per heavy atom. The molecule has 1 N–H and O–H groups in total. The molecule has 3 heteroatoms. The molecule has 1 heterocycles. The molecule has 0 aromatic heterocycles. The van der Waals surface area contributed by atoms with E-state index >= 15 is 0 Å². The van der Waals surface area contributed by atoms with Gasteiger partial charge >= 0.3 is 0 Å². The highest BCUT2D eigenvalue weighted by atomic mass is 79.9. The van der Waals surface area contributed by atoms with E-state index in [1.165, 1.54) is 15.6 Å². The smallest absolute Gasteiger partial charge is 0.119 e. The molecule has 0 spiro atoms. The zero-order valence-electron chi connectivity index (χ0n) is 12.2. The van der Waals surface area contributed by atoms with E-state index in [-0.39, 0.29) is 0 Å². The van der Waals surface area contributed by atoms with Crippen LogP contribution in [0.1, 0.15) is 11.1 Å². The molecule has 2 aromatic rings. The van der Waals surface area contributed by atoms with Crippen LogP contribution in [-0.2, 0) is 12.8 Å². The first-order valence-corrected chi connectivity index (χ1v) is 8.07. The first kappa shape index (κ1) is 14.6. The Bertz CT molecular complexity index is 608. The van der Waals surface area contributed by atoms with Crippen LogP contribution in [0.25, 0.3) is 0 Å². The van der Waals surface area contributed by atoms with E-state index in [4.69, 9.17) is 4.74 Å². The Morgan fingerprint density at radius 3 is 2.48 bits per heavy atom. The van der Waals surface area contributed by atoms with E-state index in [2.05, 4.69) is 63.7 Å². The van der Waals surface area contributed by atoms with Crippen LogP contribution in [0.2, 0.25) is 0 Å². The van der Waals surface area contributed by atoms with Crippen LogP contribution in [0.4, 0.5) is 0 Å². The maximum Gasteiger partial charge on any atom is 0.119 e. The number of benzene rings is 2. The van der Waals surface area contributed by atoms with Gasteiger partial charge in [0, 0.05) is 23.0 Å². The maximum absolute atomic E-state index is 5.36. The van der Waals surface area contributed by atoms with Gasteiger partial charge in [0.25, 0.3) is 0 Å². The number of hydrogen-bond acceptors (Lipinski definition) is 2. The fourth-order valence-electron chi connectivity index (χ4n) is 3.04. The van der Waals surface area contributed by atoms with Crippen molar-refractivity contribution in [3.05, 3.63) is 64.1 Å². The summed E-state index contributed by atoms with van der Waals surface area (Å²) in [6.07, 6.45) is 2.18. The van der Waals surface area contributed by atoms with Crippen molar-refractivity contribution in [2.75, 3.05) is 20.2 Å². The van der Waals surface area contributed by atoms with Gasteiger partial charge in [0.2, 0.25) is 0 Å². The standard InChI is InChI=1S/C18H20BrNO/c1-21-16-7-8-17(19)15(9-16)11-18(12-20-13-18)10-14-5-3-2-4-6-14/h2-9,20H,10-13H2,1H3. The molecule has 2 nitrogen and oxygen atoms in total. The van der Waals surface area contributed by atoms with E-state index in [1.807, 2.05) is 6.07 Å². The zero-order valence-corrected chi connectivity index (χ0v) is 13.8. The molecule has 0 aliphatic carbocycles. The van der Waals surface area contributed by atoms with Crippen molar-refractivity contribution >= 4 is 15.9 Å². The van der Waals surface area contributed by atoms with Crippen LogP contribution in [0.15, 0.2) is 53.0 Å². The molecule has 0 radical (unpaired) electrons. The van der Waals surface area contributed by atoms with Gasteiger partial charge in [-0.05, 0) is 42.2 Å². The minimum absolute atomic E-state index is 0.316. The van der Waals surface area contributed by atoms with Crippen LogP contribution in [0, 0.1) is 5.41 Å². The third kappa shape index (κ3) is 3.30. The van der Waals surface area contributed by atoms with Crippen LogP contribution in [-0.4, -0.2) is 20.2 Å². The fourth-order valence-corrected chi connectivity index (χ4v) is 3.42. The van der Waals surface area contributed by atoms with E-state index in [1.54, 1.807) is 7.11 Å². The average molecular weight is 346 g/mol. The summed E-state index contributed by atoms with van der Waals surface area (Å²) in [6, 6.07) is 17.0. The Balaban J connectivity index is 1.81. The number of ether oxygens (including phenoxy) is 1. The quantitative estimate of drug-likeness (QED) is 0.888. The van der Waals surface area contributed by atoms with Crippen LogP contribution in [0.3, 0.4) is 0 Å². The third-order valence-electron chi connectivity index (χ3n) is 4.24. The van der Waals surface area contributed by atoms with Crippen molar-refractivity contribution in [3.63, 3.8) is 0 Å². The predicted octanol–water partition coefficient (Wildman–Crippen LogP) is 3.83. The maximum atomic E-state index is 5.36. The summed E-state index contributed by atoms with van der Waals surface area (Å²) in [5, 5.41) is 3.44. The molecule has 110 valence electrons. The van der Waals surface area contributed by atoms with Crippen molar-refractivity contribution in [2.45, 2.75) is 12.8 Å². The lowest BCUT2D eigenvalue weighted by Crippen LogP contribution is -2.56. The van der Waals surface area contributed by atoms with Crippen molar-refractivity contribution in [1.29, 1.82) is 0 Å². The van der Waals surface area contributed by atoms with Gasteiger partial charge in [-0.3, -0.25) is 0 Å². The summed E-state index contributed by atoms with van der Waals surface area (Å²) in [6.45, 7) is 2.15. The van der Waals surface area contributed by atoms with E-state index < -0.39 is 0 Å². The van der Waals surface area contributed by atoms with Crippen molar-refractivity contribution in [1.82, 2.24) is 5.32 Å². The third-order valence-corrected chi connectivity index (χ3v) is 5.01. The molecule has 2 aromatic carbocycles. The van der Waals surface area contributed by atoms with Gasteiger partial charge in [-0.1, -0.05) is 46.3 Å². The zero-order chi connectivity index (χ0) is 14.7. The number of nitrogens with one attached hydrogen (secondary N) is 1. The Morgan fingerprint density at radius 2 is 1.86 bits per heavy atom. The molecule has 0 saturated carbocycles. The van der Waals surface area contributed by atoms with Gasteiger partial charge in [-0.15, -0.1) is 0 Å². The molecule has 21 heavy (non-hydrogen) atoms. The lowest BCUT2D eigenvalue weighted by Gasteiger charge is -2.43. The van der Waals surface area contributed by atoms with E-state index in [0.29, 0.717) is 5.41 Å². The van der Waals surface area contributed by atoms with E-state index in [9.17, 15) is 0 Å². The molecule has 0 bridgehead atoms. The van der Waals surface area contributed by atoms with Crippen LogP contribution in [0.5, 0.6) is 5.75 Å². The summed E-state index contributed by atoms with van der Waals surface area (Å²) >= 11 is 3.68. The highest BCUT2D eigenvalue weighted by Crippen LogP contribution is 2.35. The monoisotopic (exact) mass is 345 g/mol. The highest BCUT2D eigenvalue weighted by molar-refractivity contribution is 9.10. The van der Waals surface area contributed by atoms with Gasteiger partial charge in [-0.2, -0.15) is 0 Å². The molecular weight excluding hydrogens is 326 g/mol. The first-order chi connectivity index (χ1) is 10.2. The van der Waals surface area contributed by atoms with Gasteiger partial charge < -0.3 is 10.1 Å². The summed E-state index contributed by atoms with van der Waals surface area (Å²) in [5.41, 5.74) is 3.06. The predicted molar refractivity (Wildman–Crippen MR) is 89.8 cm³/mol. The molecule has 0 atom stereocenters. The van der Waals surface area contributed by atoms with Gasteiger partial charge in [-0.25, -0.2) is 0 Å². The van der Waals surface area contributed by atoms with Crippen LogP contribution < -0.4 is 10.1 Å². The summed E-state index contributed by atoms with van der Waals surface area (Å²) in [4.78, 5) is 0. The van der Waals surface area contributed by atoms with Gasteiger partial charge in [0.15, 0.2) is 0 Å². The number of rotatable bonds is 5. The van der Waals surface area contributed by atoms with E-state index in [0.717, 1.165) is 31.7 Å². The minimum atomic E-state index is 0.316. The SMILES string of the molecule is COc1ccc(Br)c(CC2(Cc3ccccc3)CNC2)c1. The highest BCUT2D eigenvalue weighted by Gasteiger charge is 2.37. The average Bonchev–Trinajstić information content (AvgIpc) is 2.48. The Labute approximate surface area is 134 Å². The molecule has 1 saturated heterocycles. The summed E-state index contributed by atoms with van der Waals surface area (Å²) in [5.74, 6) is 0.926. The summed E-state index contributed by atoms with van der Waals surface area (Å²) in [7, 11) is 1.72. The molecule has 1 fully saturated rings. The second-order valence-electron chi connectivity index (χ2n) is 5.90. The Hall–Kier alpha value is -1.32. The second-order valence-corrected chi connectivity index (χ2v) is 6.75. The van der Waals surface area contributed by atoms with Crippen molar-refractivity contribution in [3.8, 4) is 5.75 Å². The number of methoxy groups -OCH3 is 1. The first-order valence-electron chi connectivity index (χ1n) is 7.28. The number of hydrogen-bond donors (Lipinski definition) is 1. The fraction of sp³-hybridized carbons (Fsp3) is 0.333. The normalized spacial score (nSPS) is 16.3. The summed E-state index contributed by atoms with van der Waals surface area (Å²) < 4.78 is 6.53.